The Morgan fingerprint density at radius 3 is 2.74 bits per heavy atom. The average molecular weight is 374 g/mol. The summed E-state index contributed by atoms with van der Waals surface area (Å²) >= 11 is 0. The fourth-order valence-corrected chi connectivity index (χ4v) is 3.71. The van der Waals surface area contributed by atoms with Gasteiger partial charge in [0.05, 0.1) is 13.2 Å². The number of para-hydroxylation sites is 1. The summed E-state index contributed by atoms with van der Waals surface area (Å²) < 4.78 is 11.2. The lowest BCUT2D eigenvalue weighted by Gasteiger charge is -2.41. The number of ether oxygens (including phenoxy) is 1. The zero-order valence-corrected chi connectivity index (χ0v) is 16.2. The SMILES string of the molecule is CCOc1cccc(CN2CCN(Cc3ccc(C)o3)[C@H](CCO)C2)c1O. The number of benzene rings is 1. The maximum Gasteiger partial charge on any atom is 0.162 e. The molecule has 0 spiro atoms. The molecule has 6 nitrogen and oxygen atoms in total. The minimum absolute atomic E-state index is 0.164. The normalized spacial score (nSPS) is 18.7. The molecule has 2 aromatic rings. The molecule has 1 aliphatic heterocycles. The largest absolute Gasteiger partial charge is 0.504 e. The molecule has 27 heavy (non-hydrogen) atoms. The molecule has 3 rings (SSSR count). The summed E-state index contributed by atoms with van der Waals surface area (Å²) in [5.41, 5.74) is 0.874. The minimum atomic E-state index is 0.164. The average Bonchev–Trinajstić information content (AvgIpc) is 3.06. The van der Waals surface area contributed by atoms with Gasteiger partial charge in [0, 0.05) is 44.4 Å². The van der Waals surface area contributed by atoms with Crippen LogP contribution in [0.25, 0.3) is 0 Å². The lowest BCUT2D eigenvalue weighted by atomic mass is 10.1. The molecule has 0 bridgehead atoms. The number of piperazine rings is 1. The van der Waals surface area contributed by atoms with E-state index in [0.29, 0.717) is 18.9 Å². The van der Waals surface area contributed by atoms with Gasteiger partial charge in [-0.25, -0.2) is 0 Å². The van der Waals surface area contributed by atoms with Crippen LogP contribution in [0.15, 0.2) is 34.7 Å². The van der Waals surface area contributed by atoms with E-state index in [2.05, 4.69) is 9.80 Å². The molecule has 2 heterocycles. The van der Waals surface area contributed by atoms with Crippen LogP contribution in [0.1, 0.15) is 30.4 Å². The molecule has 0 radical (unpaired) electrons. The zero-order chi connectivity index (χ0) is 19.2. The van der Waals surface area contributed by atoms with Gasteiger partial charge in [-0.3, -0.25) is 9.80 Å². The molecule has 1 fully saturated rings. The number of aliphatic hydroxyl groups is 1. The monoisotopic (exact) mass is 374 g/mol. The van der Waals surface area contributed by atoms with Crippen molar-refractivity contribution in [2.24, 2.45) is 0 Å². The standard InChI is InChI=1S/C21H30N2O4/c1-3-26-20-6-4-5-17(21(20)25)13-22-10-11-23(18(14-22)9-12-24)15-19-8-7-16(2)27-19/h4-8,18,24-25H,3,9-15H2,1-2H3/t18-/m1/s1. The Bertz CT molecular complexity index is 731. The second-order valence-electron chi connectivity index (χ2n) is 7.08. The minimum Gasteiger partial charge on any atom is -0.504 e. The van der Waals surface area contributed by atoms with E-state index in [1.807, 2.05) is 38.1 Å². The van der Waals surface area contributed by atoms with E-state index in [1.54, 1.807) is 6.07 Å². The number of nitrogens with zero attached hydrogens (tertiary/aromatic N) is 2. The Morgan fingerprint density at radius 2 is 2.04 bits per heavy atom. The van der Waals surface area contributed by atoms with Gasteiger partial charge >= 0.3 is 0 Å². The molecule has 1 aromatic heterocycles. The molecule has 0 aliphatic carbocycles. The first-order chi connectivity index (χ1) is 13.1. The van der Waals surface area contributed by atoms with E-state index in [9.17, 15) is 10.2 Å². The lowest BCUT2D eigenvalue weighted by Crippen LogP contribution is -2.52. The molecule has 1 atom stereocenters. The number of aromatic hydroxyl groups is 1. The van der Waals surface area contributed by atoms with Gasteiger partial charge in [0.25, 0.3) is 0 Å². The van der Waals surface area contributed by atoms with Crippen molar-refractivity contribution < 1.29 is 19.4 Å². The zero-order valence-electron chi connectivity index (χ0n) is 16.2. The number of rotatable bonds is 8. The van der Waals surface area contributed by atoms with E-state index in [4.69, 9.17) is 9.15 Å². The summed E-state index contributed by atoms with van der Waals surface area (Å²) in [4.78, 5) is 4.70. The van der Waals surface area contributed by atoms with Crippen molar-refractivity contribution in [1.29, 1.82) is 0 Å². The molecular formula is C21H30N2O4. The highest BCUT2D eigenvalue weighted by Crippen LogP contribution is 2.31. The maximum absolute atomic E-state index is 10.5. The number of hydrogen-bond donors (Lipinski definition) is 2. The summed E-state index contributed by atoms with van der Waals surface area (Å²) in [6.07, 6.45) is 0.723. The van der Waals surface area contributed by atoms with Crippen molar-refractivity contribution in [2.75, 3.05) is 32.8 Å². The van der Waals surface area contributed by atoms with Crippen LogP contribution >= 0.6 is 0 Å². The van der Waals surface area contributed by atoms with Crippen LogP contribution in [-0.2, 0) is 13.1 Å². The smallest absolute Gasteiger partial charge is 0.162 e. The molecule has 6 heteroatoms. The molecule has 1 saturated heterocycles. The molecule has 1 aromatic carbocycles. The van der Waals surface area contributed by atoms with E-state index in [-0.39, 0.29) is 18.4 Å². The number of aryl methyl sites for hydroxylation is 1. The summed E-state index contributed by atoms with van der Waals surface area (Å²) in [5.74, 6) is 2.65. The lowest BCUT2D eigenvalue weighted by molar-refractivity contribution is 0.0450. The van der Waals surface area contributed by atoms with Crippen LogP contribution < -0.4 is 4.74 Å². The van der Waals surface area contributed by atoms with Crippen LogP contribution in [0.2, 0.25) is 0 Å². The number of furan rings is 1. The second kappa shape index (κ2) is 9.26. The number of aliphatic hydroxyl groups excluding tert-OH is 1. The molecule has 0 saturated carbocycles. The van der Waals surface area contributed by atoms with Crippen LogP contribution in [0.3, 0.4) is 0 Å². The molecule has 0 unspecified atom stereocenters. The first-order valence-corrected chi connectivity index (χ1v) is 9.67. The van der Waals surface area contributed by atoms with Gasteiger partial charge in [0.15, 0.2) is 11.5 Å². The predicted molar refractivity (Wildman–Crippen MR) is 104 cm³/mol. The third kappa shape index (κ3) is 5.03. The van der Waals surface area contributed by atoms with Gasteiger partial charge in [0.1, 0.15) is 11.5 Å². The first kappa shape index (κ1) is 19.7. The topological polar surface area (TPSA) is 69.3 Å². The second-order valence-corrected chi connectivity index (χ2v) is 7.08. The highest BCUT2D eigenvalue weighted by Gasteiger charge is 2.28. The highest BCUT2D eigenvalue weighted by atomic mass is 16.5. The number of hydrogen-bond acceptors (Lipinski definition) is 6. The van der Waals surface area contributed by atoms with Gasteiger partial charge in [-0.2, -0.15) is 0 Å². The van der Waals surface area contributed by atoms with E-state index < -0.39 is 0 Å². The highest BCUT2D eigenvalue weighted by molar-refractivity contribution is 5.45. The summed E-state index contributed by atoms with van der Waals surface area (Å²) in [6.45, 7) is 8.63. The number of phenols is 1. The summed E-state index contributed by atoms with van der Waals surface area (Å²) in [6, 6.07) is 9.92. The van der Waals surface area contributed by atoms with E-state index in [0.717, 1.165) is 49.7 Å². The Labute approximate surface area is 161 Å². The predicted octanol–water partition coefficient (Wildman–Crippen LogP) is 2.76. The molecule has 2 N–H and O–H groups in total. The third-order valence-electron chi connectivity index (χ3n) is 5.08. The van der Waals surface area contributed by atoms with Gasteiger partial charge < -0.3 is 19.4 Å². The summed E-state index contributed by atoms with van der Waals surface area (Å²) in [5, 5.41) is 20.0. The molecule has 1 aliphatic rings. The quantitative estimate of drug-likeness (QED) is 0.741. The van der Waals surface area contributed by atoms with Crippen molar-refractivity contribution >= 4 is 0 Å². The molecule has 148 valence electrons. The summed E-state index contributed by atoms with van der Waals surface area (Å²) in [7, 11) is 0. The van der Waals surface area contributed by atoms with Crippen LogP contribution in [0.4, 0.5) is 0 Å². The van der Waals surface area contributed by atoms with Gasteiger partial charge in [-0.1, -0.05) is 12.1 Å². The molecular weight excluding hydrogens is 344 g/mol. The first-order valence-electron chi connectivity index (χ1n) is 9.67. The van der Waals surface area contributed by atoms with Crippen LogP contribution in [0, 0.1) is 6.92 Å². The fourth-order valence-electron chi connectivity index (χ4n) is 3.71. The van der Waals surface area contributed by atoms with Crippen molar-refractivity contribution in [1.82, 2.24) is 9.80 Å². The van der Waals surface area contributed by atoms with E-state index >= 15 is 0 Å². The maximum atomic E-state index is 10.5. The van der Waals surface area contributed by atoms with Crippen molar-refractivity contribution in [2.45, 2.75) is 39.4 Å². The van der Waals surface area contributed by atoms with E-state index in [1.165, 1.54) is 0 Å². The van der Waals surface area contributed by atoms with Gasteiger partial charge in [0.2, 0.25) is 0 Å². The van der Waals surface area contributed by atoms with Gasteiger partial charge in [-0.15, -0.1) is 0 Å². The van der Waals surface area contributed by atoms with Crippen LogP contribution in [-0.4, -0.2) is 58.9 Å². The Kier molecular flexibility index (Phi) is 6.77. The Hall–Kier alpha value is -2.02. The third-order valence-corrected chi connectivity index (χ3v) is 5.08. The van der Waals surface area contributed by atoms with Crippen molar-refractivity contribution in [3.05, 3.63) is 47.4 Å². The number of phenolic OH excluding ortho intramolecular Hbond substituents is 1. The van der Waals surface area contributed by atoms with Crippen molar-refractivity contribution in [3.63, 3.8) is 0 Å². The fraction of sp³-hybridized carbons (Fsp3) is 0.524. The van der Waals surface area contributed by atoms with Gasteiger partial charge in [-0.05, 0) is 38.5 Å². The van der Waals surface area contributed by atoms with Crippen LogP contribution in [0.5, 0.6) is 11.5 Å². The van der Waals surface area contributed by atoms with Crippen molar-refractivity contribution in [3.8, 4) is 11.5 Å². The Balaban J connectivity index is 1.65. The Morgan fingerprint density at radius 1 is 1.19 bits per heavy atom. The molecule has 0 amide bonds.